The molecule has 138 valence electrons. The topological polar surface area (TPSA) is 50.8 Å². The molecule has 0 radical (unpaired) electrons. The molecule has 1 aliphatic heterocycles. The molecule has 1 aliphatic rings. The van der Waals surface area contributed by atoms with Crippen LogP contribution in [0.25, 0.3) is 0 Å². The van der Waals surface area contributed by atoms with Crippen LogP contribution in [0.15, 0.2) is 42.5 Å². The molecule has 0 aromatic heterocycles. The second kappa shape index (κ2) is 8.81. The molecule has 1 amide bonds. The Bertz CT molecular complexity index is 760. The van der Waals surface area contributed by atoms with Gasteiger partial charge in [-0.05, 0) is 43.2 Å². The van der Waals surface area contributed by atoms with Crippen molar-refractivity contribution >= 4 is 28.9 Å². The van der Waals surface area contributed by atoms with Crippen LogP contribution >= 0.6 is 11.6 Å². The van der Waals surface area contributed by atoms with E-state index in [1.807, 2.05) is 36.4 Å². The molecule has 0 unspecified atom stereocenters. The molecule has 0 aliphatic carbocycles. The first kappa shape index (κ1) is 18.4. The van der Waals surface area contributed by atoms with Crippen LogP contribution in [0.1, 0.15) is 19.3 Å². The average molecular weight is 375 g/mol. The minimum Gasteiger partial charge on any atom is -0.493 e. The second-order valence-corrected chi connectivity index (χ2v) is 6.59. The maximum Gasteiger partial charge on any atom is 0.227 e. The highest BCUT2D eigenvalue weighted by Gasteiger charge is 2.17. The van der Waals surface area contributed by atoms with E-state index in [1.165, 1.54) is 12.8 Å². The number of nitrogens with zero attached hydrogens (tertiary/aromatic N) is 1. The van der Waals surface area contributed by atoms with E-state index in [0.717, 1.165) is 24.5 Å². The zero-order chi connectivity index (χ0) is 18.4. The lowest BCUT2D eigenvalue weighted by Crippen LogP contribution is -2.21. The quantitative estimate of drug-likeness (QED) is 0.782. The first-order valence-corrected chi connectivity index (χ1v) is 9.15. The molecule has 0 spiro atoms. The number of carbonyl (C=O) groups is 1. The number of hydrogen-bond donors (Lipinski definition) is 1. The van der Waals surface area contributed by atoms with Gasteiger partial charge in [-0.3, -0.25) is 4.79 Å². The van der Waals surface area contributed by atoms with E-state index in [0.29, 0.717) is 16.5 Å². The van der Waals surface area contributed by atoms with Crippen molar-refractivity contribution in [2.24, 2.45) is 0 Å². The first-order valence-electron chi connectivity index (χ1n) is 8.77. The maximum absolute atomic E-state index is 12.4. The number of carbonyl (C=O) groups excluding carboxylic acids is 1. The number of anilines is 2. The molecule has 1 fully saturated rings. The smallest absolute Gasteiger partial charge is 0.227 e. The van der Waals surface area contributed by atoms with Crippen molar-refractivity contribution in [2.45, 2.75) is 19.3 Å². The minimum absolute atomic E-state index is 0.109. The lowest BCUT2D eigenvalue weighted by molar-refractivity contribution is -0.116. The van der Waals surface area contributed by atoms with Crippen LogP contribution in [0.3, 0.4) is 0 Å². The van der Waals surface area contributed by atoms with Crippen molar-refractivity contribution in [1.29, 1.82) is 0 Å². The number of benzene rings is 2. The summed E-state index contributed by atoms with van der Waals surface area (Å²) in [5.41, 5.74) is 1.77. The Labute approximate surface area is 158 Å². The molecule has 3 rings (SSSR count). The normalized spacial score (nSPS) is 13.5. The SMILES string of the molecule is COc1ccccc1OCCC(=O)Nc1cc(Cl)ccc1N1CCCC1. The number of ether oxygens (including phenoxy) is 2. The third-order valence-electron chi connectivity index (χ3n) is 4.34. The summed E-state index contributed by atoms with van der Waals surface area (Å²) < 4.78 is 10.9. The fraction of sp³-hybridized carbons (Fsp3) is 0.350. The molecule has 2 aromatic rings. The Morgan fingerprint density at radius 2 is 1.88 bits per heavy atom. The molecule has 1 saturated heterocycles. The number of rotatable bonds is 7. The van der Waals surface area contributed by atoms with Gasteiger partial charge in [-0.15, -0.1) is 0 Å². The number of nitrogens with one attached hydrogen (secondary N) is 1. The number of amides is 1. The molecular weight excluding hydrogens is 352 g/mol. The number of hydrogen-bond acceptors (Lipinski definition) is 4. The predicted octanol–water partition coefficient (Wildman–Crippen LogP) is 4.36. The van der Waals surface area contributed by atoms with Crippen molar-refractivity contribution < 1.29 is 14.3 Å². The van der Waals surface area contributed by atoms with Crippen molar-refractivity contribution in [2.75, 3.05) is 37.0 Å². The van der Waals surface area contributed by atoms with Crippen molar-refractivity contribution in [3.63, 3.8) is 0 Å². The van der Waals surface area contributed by atoms with Crippen LogP contribution in [0.2, 0.25) is 5.02 Å². The zero-order valence-corrected chi connectivity index (χ0v) is 15.6. The zero-order valence-electron chi connectivity index (χ0n) is 14.8. The van der Waals surface area contributed by atoms with Gasteiger partial charge < -0.3 is 19.7 Å². The molecule has 1 N–H and O–H groups in total. The Balaban J connectivity index is 1.59. The summed E-state index contributed by atoms with van der Waals surface area (Å²) in [4.78, 5) is 14.6. The van der Waals surface area contributed by atoms with Crippen molar-refractivity contribution in [1.82, 2.24) is 0 Å². The summed E-state index contributed by atoms with van der Waals surface area (Å²) in [5.74, 6) is 1.17. The predicted molar refractivity (Wildman–Crippen MR) is 105 cm³/mol. The Kier molecular flexibility index (Phi) is 6.23. The van der Waals surface area contributed by atoms with E-state index in [2.05, 4.69) is 10.2 Å². The summed E-state index contributed by atoms with van der Waals surface area (Å²) in [6, 6.07) is 13.0. The van der Waals surface area contributed by atoms with Gasteiger partial charge in [0.05, 0.1) is 31.5 Å². The van der Waals surface area contributed by atoms with E-state index in [1.54, 1.807) is 13.2 Å². The van der Waals surface area contributed by atoms with Gasteiger partial charge in [0.1, 0.15) is 0 Å². The number of methoxy groups -OCH3 is 1. The molecule has 0 bridgehead atoms. The van der Waals surface area contributed by atoms with Gasteiger partial charge in [0.15, 0.2) is 11.5 Å². The van der Waals surface area contributed by atoms with Crippen LogP contribution < -0.4 is 19.7 Å². The van der Waals surface area contributed by atoms with Gasteiger partial charge in [-0.2, -0.15) is 0 Å². The largest absolute Gasteiger partial charge is 0.493 e. The summed E-state index contributed by atoms with van der Waals surface area (Å²) >= 11 is 6.12. The summed E-state index contributed by atoms with van der Waals surface area (Å²) in [6.45, 7) is 2.27. The van der Waals surface area contributed by atoms with E-state index in [-0.39, 0.29) is 18.9 Å². The van der Waals surface area contributed by atoms with Crippen LogP contribution in [-0.4, -0.2) is 32.7 Å². The van der Waals surface area contributed by atoms with Gasteiger partial charge in [-0.25, -0.2) is 0 Å². The second-order valence-electron chi connectivity index (χ2n) is 6.15. The molecule has 26 heavy (non-hydrogen) atoms. The molecule has 0 atom stereocenters. The summed E-state index contributed by atoms with van der Waals surface area (Å²) in [6.07, 6.45) is 2.58. The van der Waals surface area contributed by atoms with Gasteiger partial charge in [0, 0.05) is 18.1 Å². The van der Waals surface area contributed by atoms with E-state index < -0.39 is 0 Å². The molecule has 5 nitrogen and oxygen atoms in total. The number of halogens is 1. The van der Waals surface area contributed by atoms with Crippen LogP contribution in [0.5, 0.6) is 11.5 Å². The fourth-order valence-corrected chi connectivity index (χ4v) is 3.22. The molecular formula is C20H23ClN2O3. The highest BCUT2D eigenvalue weighted by Crippen LogP contribution is 2.31. The van der Waals surface area contributed by atoms with Crippen molar-refractivity contribution in [3.8, 4) is 11.5 Å². The molecule has 2 aromatic carbocycles. The highest BCUT2D eigenvalue weighted by atomic mass is 35.5. The van der Waals surface area contributed by atoms with Crippen LogP contribution in [-0.2, 0) is 4.79 Å². The maximum atomic E-state index is 12.4. The third-order valence-corrected chi connectivity index (χ3v) is 4.57. The molecule has 6 heteroatoms. The Hall–Kier alpha value is -2.40. The molecule has 0 saturated carbocycles. The van der Waals surface area contributed by atoms with Crippen molar-refractivity contribution in [3.05, 3.63) is 47.5 Å². The van der Waals surface area contributed by atoms with Gasteiger partial charge in [0.2, 0.25) is 5.91 Å². The summed E-state index contributed by atoms with van der Waals surface area (Å²) in [7, 11) is 1.59. The monoisotopic (exact) mass is 374 g/mol. The summed E-state index contributed by atoms with van der Waals surface area (Å²) in [5, 5.41) is 3.57. The Morgan fingerprint density at radius 3 is 2.62 bits per heavy atom. The minimum atomic E-state index is -0.109. The van der Waals surface area contributed by atoms with E-state index in [4.69, 9.17) is 21.1 Å². The Morgan fingerprint density at radius 1 is 1.15 bits per heavy atom. The lowest BCUT2D eigenvalue weighted by Gasteiger charge is -2.22. The fourth-order valence-electron chi connectivity index (χ4n) is 3.05. The average Bonchev–Trinajstić information content (AvgIpc) is 3.16. The number of para-hydroxylation sites is 2. The standard InChI is InChI=1S/C20H23ClN2O3/c1-25-18-6-2-3-7-19(18)26-13-10-20(24)22-16-14-15(21)8-9-17(16)23-11-4-5-12-23/h2-3,6-9,14H,4-5,10-13H2,1H3,(H,22,24). The first-order chi connectivity index (χ1) is 12.7. The van der Waals surface area contributed by atoms with Gasteiger partial charge >= 0.3 is 0 Å². The third kappa shape index (κ3) is 4.61. The lowest BCUT2D eigenvalue weighted by atomic mass is 10.2. The molecule has 1 heterocycles. The van der Waals surface area contributed by atoms with E-state index in [9.17, 15) is 4.79 Å². The van der Waals surface area contributed by atoms with Crippen LogP contribution in [0, 0.1) is 0 Å². The van der Waals surface area contributed by atoms with Gasteiger partial charge in [0.25, 0.3) is 0 Å². The highest BCUT2D eigenvalue weighted by molar-refractivity contribution is 6.31. The van der Waals surface area contributed by atoms with Gasteiger partial charge in [-0.1, -0.05) is 23.7 Å². The van der Waals surface area contributed by atoms with E-state index >= 15 is 0 Å². The van der Waals surface area contributed by atoms with Crippen LogP contribution in [0.4, 0.5) is 11.4 Å².